The number of anilines is 1. The van der Waals surface area contributed by atoms with E-state index in [0.717, 1.165) is 35.5 Å². The van der Waals surface area contributed by atoms with E-state index in [1.165, 1.54) is 17.5 Å². The van der Waals surface area contributed by atoms with E-state index in [9.17, 15) is 0 Å². The number of piperidine rings is 1. The Morgan fingerprint density at radius 2 is 2.36 bits per heavy atom. The van der Waals surface area contributed by atoms with Crippen LogP contribution in [0.1, 0.15) is 12.8 Å². The molecule has 4 rings (SSSR count). The van der Waals surface area contributed by atoms with E-state index in [1.54, 1.807) is 28.9 Å². The monoisotopic (exact) mass is 332 g/mol. The van der Waals surface area contributed by atoms with Gasteiger partial charge in [0.05, 0.1) is 17.5 Å². The van der Waals surface area contributed by atoms with Crippen LogP contribution in [0, 0.1) is 5.92 Å². The molecular formula is C15H16N4OS2. The molecule has 0 N–H and O–H groups in total. The lowest BCUT2D eigenvalue weighted by atomic mass is 9.99. The van der Waals surface area contributed by atoms with E-state index in [0.29, 0.717) is 5.92 Å². The summed E-state index contributed by atoms with van der Waals surface area (Å²) in [6.07, 6.45) is 7.82. The number of hydrogen-bond acceptors (Lipinski definition) is 7. The summed E-state index contributed by atoms with van der Waals surface area (Å²) in [4.78, 5) is 15.4. The summed E-state index contributed by atoms with van der Waals surface area (Å²) in [5.74, 6) is 0.530. The van der Waals surface area contributed by atoms with E-state index >= 15 is 0 Å². The molecule has 1 unspecified atom stereocenters. The molecule has 7 heteroatoms. The summed E-state index contributed by atoms with van der Waals surface area (Å²) in [6.45, 7) is 2.80. The minimum atomic E-state index is 0.530. The molecule has 1 aliphatic heterocycles. The topological polar surface area (TPSA) is 51.1 Å². The van der Waals surface area contributed by atoms with Gasteiger partial charge in [-0.1, -0.05) is 22.7 Å². The van der Waals surface area contributed by atoms with Crippen LogP contribution in [0.5, 0.6) is 5.19 Å². The van der Waals surface area contributed by atoms with E-state index in [-0.39, 0.29) is 0 Å². The molecule has 3 aromatic heterocycles. The Bertz CT molecular complexity index is 710. The number of pyridine rings is 1. The van der Waals surface area contributed by atoms with Gasteiger partial charge < -0.3 is 9.64 Å². The van der Waals surface area contributed by atoms with Crippen molar-refractivity contribution in [3.8, 4) is 5.19 Å². The van der Waals surface area contributed by atoms with Crippen LogP contribution in [0.25, 0.3) is 10.2 Å². The third-order valence-corrected chi connectivity index (χ3v) is 5.60. The summed E-state index contributed by atoms with van der Waals surface area (Å²) in [7, 11) is 0. The zero-order chi connectivity index (χ0) is 14.8. The molecule has 0 saturated carbocycles. The third-order valence-electron chi connectivity index (χ3n) is 3.82. The van der Waals surface area contributed by atoms with Crippen LogP contribution in [-0.4, -0.2) is 34.6 Å². The average Bonchev–Trinajstić information content (AvgIpc) is 3.22. The van der Waals surface area contributed by atoms with Crippen LogP contribution < -0.4 is 9.64 Å². The minimum absolute atomic E-state index is 0.530. The van der Waals surface area contributed by atoms with Gasteiger partial charge in [-0.25, -0.2) is 9.97 Å². The molecule has 114 valence electrons. The first kappa shape index (κ1) is 13.9. The van der Waals surface area contributed by atoms with Crippen LogP contribution in [-0.2, 0) is 0 Å². The molecule has 0 radical (unpaired) electrons. The SMILES string of the molecule is c1cc2sc(N3CCCC(COc4nccs4)C3)nc2cn1. The second-order valence-electron chi connectivity index (χ2n) is 5.40. The summed E-state index contributed by atoms with van der Waals surface area (Å²) < 4.78 is 6.98. The molecule has 22 heavy (non-hydrogen) atoms. The molecule has 1 saturated heterocycles. The fourth-order valence-electron chi connectivity index (χ4n) is 2.75. The number of fused-ring (bicyclic) bond motifs is 1. The lowest BCUT2D eigenvalue weighted by molar-refractivity contribution is 0.228. The van der Waals surface area contributed by atoms with Crippen molar-refractivity contribution in [2.24, 2.45) is 5.92 Å². The van der Waals surface area contributed by atoms with Gasteiger partial charge in [-0.05, 0) is 18.9 Å². The molecular weight excluding hydrogens is 316 g/mol. The highest BCUT2D eigenvalue weighted by molar-refractivity contribution is 7.22. The number of ether oxygens (including phenoxy) is 1. The second-order valence-corrected chi connectivity index (χ2v) is 7.27. The molecule has 0 bridgehead atoms. The van der Waals surface area contributed by atoms with E-state index < -0.39 is 0 Å². The van der Waals surface area contributed by atoms with Crippen molar-refractivity contribution < 1.29 is 4.74 Å². The van der Waals surface area contributed by atoms with Crippen molar-refractivity contribution in [1.82, 2.24) is 15.0 Å². The average molecular weight is 332 g/mol. The summed E-state index contributed by atoms with van der Waals surface area (Å²) >= 11 is 3.29. The number of hydrogen-bond donors (Lipinski definition) is 0. The normalized spacial score (nSPS) is 18.7. The van der Waals surface area contributed by atoms with Crippen molar-refractivity contribution in [3.63, 3.8) is 0 Å². The van der Waals surface area contributed by atoms with Gasteiger partial charge in [-0.3, -0.25) is 4.98 Å². The molecule has 1 fully saturated rings. The summed E-state index contributed by atoms with van der Waals surface area (Å²) in [6, 6.07) is 2.03. The maximum Gasteiger partial charge on any atom is 0.273 e. The van der Waals surface area contributed by atoms with E-state index in [4.69, 9.17) is 9.72 Å². The number of aromatic nitrogens is 3. The first-order chi connectivity index (χ1) is 10.9. The standard InChI is InChI=1S/C15H16N4OS2/c1-2-11(10-20-15-17-5-7-21-15)9-19(6-1)14-18-12-8-16-4-3-13(12)22-14/h3-5,7-8,11H,1-2,6,9-10H2. The second kappa shape index (κ2) is 6.18. The van der Waals surface area contributed by atoms with Crippen LogP contribution in [0.3, 0.4) is 0 Å². The van der Waals surface area contributed by atoms with Gasteiger partial charge in [0.1, 0.15) is 5.52 Å². The predicted molar refractivity (Wildman–Crippen MR) is 90.0 cm³/mol. The van der Waals surface area contributed by atoms with Crippen molar-refractivity contribution in [3.05, 3.63) is 30.0 Å². The maximum absolute atomic E-state index is 5.78. The summed E-state index contributed by atoms with van der Waals surface area (Å²) in [5, 5.41) is 3.81. The van der Waals surface area contributed by atoms with Gasteiger partial charge in [0.25, 0.3) is 5.19 Å². The smallest absolute Gasteiger partial charge is 0.273 e. The zero-order valence-electron chi connectivity index (χ0n) is 12.0. The van der Waals surface area contributed by atoms with Gasteiger partial charge >= 0.3 is 0 Å². The molecule has 5 nitrogen and oxygen atoms in total. The van der Waals surface area contributed by atoms with Crippen molar-refractivity contribution in [1.29, 1.82) is 0 Å². The molecule has 4 heterocycles. The van der Waals surface area contributed by atoms with Crippen molar-refractivity contribution >= 4 is 38.0 Å². The highest BCUT2D eigenvalue weighted by Gasteiger charge is 2.23. The molecule has 1 aliphatic rings. The van der Waals surface area contributed by atoms with Crippen molar-refractivity contribution in [2.75, 3.05) is 24.6 Å². The quantitative estimate of drug-likeness (QED) is 0.732. The van der Waals surface area contributed by atoms with Gasteiger partial charge in [0.2, 0.25) is 0 Å². The lowest BCUT2D eigenvalue weighted by Gasteiger charge is -2.32. The zero-order valence-corrected chi connectivity index (χ0v) is 13.6. The largest absolute Gasteiger partial charge is 0.470 e. The summed E-state index contributed by atoms with van der Waals surface area (Å²) in [5.41, 5.74) is 0.989. The Hall–Kier alpha value is -1.73. The van der Waals surface area contributed by atoms with Gasteiger partial charge in [-0.15, -0.1) is 0 Å². The molecule has 3 aromatic rings. The Labute approximate surface area is 136 Å². The fourth-order valence-corrected chi connectivity index (χ4v) is 4.21. The van der Waals surface area contributed by atoms with Gasteiger partial charge in [0, 0.05) is 36.8 Å². The first-order valence-electron chi connectivity index (χ1n) is 7.36. The third kappa shape index (κ3) is 2.91. The number of thiazole rings is 2. The maximum atomic E-state index is 5.78. The minimum Gasteiger partial charge on any atom is -0.470 e. The van der Waals surface area contributed by atoms with Crippen LogP contribution >= 0.6 is 22.7 Å². The van der Waals surface area contributed by atoms with Crippen LogP contribution in [0.15, 0.2) is 30.0 Å². The molecule has 1 atom stereocenters. The molecule has 0 aromatic carbocycles. The molecule has 0 amide bonds. The molecule has 0 aliphatic carbocycles. The Kier molecular flexibility index (Phi) is 3.90. The lowest BCUT2D eigenvalue weighted by Crippen LogP contribution is -2.37. The highest BCUT2D eigenvalue weighted by atomic mass is 32.1. The Balaban J connectivity index is 1.43. The van der Waals surface area contributed by atoms with Crippen LogP contribution in [0.4, 0.5) is 5.13 Å². The van der Waals surface area contributed by atoms with E-state index in [1.807, 2.05) is 23.8 Å². The fraction of sp³-hybridized carbons (Fsp3) is 0.400. The highest BCUT2D eigenvalue weighted by Crippen LogP contribution is 2.31. The first-order valence-corrected chi connectivity index (χ1v) is 9.06. The van der Waals surface area contributed by atoms with Gasteiger partial charge in [-0.2, -0.15) is 0 Å². The number of rotatable bonds is 4. The Morgan fingerprint density at radius 1 is 1.36 bits per heavy atom. The predicted octanol–water partition coefficient (Wildman–Crippen LogP) is 3.44. The van der Waals surface area contributed by atoms with E-state index in [2.05, 4.69) is 14.9 Å². The molecule has 0 spiro atoms. The van der Waals surface area contributed by atoms with Crippen LogP contribution in [0.2, 0.25) is 0 Å². The Morgan fingerprint density at radius 3 is 3.23 bits per heavy atom. The van der Waals surface area contributed by atoms with Gasteiger partial charge in [0.15, 0.2) is 5.13 Å². The number of nitrogens with zero attached hydrogens (tertiary/aromatic N) is 4. The van der Waals surface area contributed by atoms with Crippen molar-refractivity contribution in [2.45, 2.75) is 12.8 Å².